The highest BCUT2D eigenvalue weighted by atomic mass is 19.3. The largest absolute Gasteiger partial charge is 0.319 e. The molecule has 2 nitrogen and oxygen atoms in total. The van der Waals surface area contributed by atoms with Crippen molar-refractivity contribution in [1.82, 2.24) is 10.2 Å². The average molecular weight is 268 g/mol. The lowest BCUT2D eigenvalue weighted by molar-refractivity contribution is -0.145. The maximum absolute atomic E-state index is 13.0. The van der Waals surface area contributed by atoms with E-state index >= 15 is 0 Å². The Bertz CT molecular complexity index is 269. The topological polar surface area (TPSA) is 15.3 Å². The van der Waals surface area contributed by atoms with Gasteiger partial charge in [-0.15, -0.1) is 0 Å². The maximum Gasteiger partial charge on any atom is 0.319 e. The molecule has 1 aliphatic heterocycles. The van der Waals surface area contributed by atoms with E-state index in [0.717, 1.165) is 19.4 Å². The minimum absolute atomic E-state index is 0.313. The quantitative estimate of drug-likeness (QED) is 0.744. The summed E-state index contributed by atoms with van der Waals surface area (Å²) in [5.41, 5.74) is 0. The molecule has 1 saturated carbocycles. The molecule has 6 heteroatoms. The van der Waals surface area contributed by atoms with Crippen LogP contribution in [-0.4, -0.2) is 49.5 Å². The van der Waals surface area contributed by atoms with Crippen LogP contribution in [0.1, 0.15) is 25.7 Å². The molecule has 1 N–H and O–H groups in total. The van der Waals surface area contributed by atoms with Crippen LogP contribution in [0.25, 0.3) is 0 Å². The summed E-state index contributed by atoms with van der Waals surface area (Å²) in [6.07, 6.45) is 0.634. The third kappa shape index (κ3) is 4.09. The van der Waals surface area contributed by atoms with E-state index in [-0.39, 0.29) is 0 Å². The Balaban J connectivity index is 1.74. The number of nitrogens with one attached hydrogen (secondary N) is 1. The fraction of sp³-hybridized carbons (Fsp3) is 1.00. The number of rotatable bonds is 6. The molecule has 18 heavy (non-hydrogen) atoms. The van der Waals surface area contributed by atoms with Crippen molar-refractivity contribution in [2.24, 2.45) is 5.92 Å². The van der Waals surface area contributed by atoms with Crippen LogP contribution in [0.4, 0.5) is 17.6 Å². The second-order valence-electron chi connectivity index (χ2n) is 5.49. The second kappa shape index (κ2) is 5.74. The Morgan fingerprint density at radius 3 is 2.56 bits per heavy atom. The Morgan fingerprint density at radius 1 is 1.22 bits per heavy atom. The van der Waals surface area contributed by atoms with Gasteiger partial charge in [0.25, 0.3) is 0 Å². The maximum atomic E-state index is 13.0. The van der Waals surface area contributed by atoms with Crippen molar-refractivity contribution in [2.75, 3.05) is 26.2 Å². The third-order valence-corrected chi connectivity index (χ3v) is 3.63. The first-order valence-electron chi connectivity index (χ1n) is 6.59. The predicted molar refractivity (Wildman–Crippen MR) is 61.1 cm³/mol. The first-order chi connectivity index (χ1) is 8.47. The molecular weight excluding hydrogens is 248 g/mol. The van der Waals surface area contributed by atoms with Crippen molar-refractivity contribution in [3.63, 3.8) is 0 Å². The van der Waals surface area contributed by atoms with E-state index < -0.39 is 18.9 Å². The molecule has 0 bridgehead atoms. The minimum atomic E-state index is -3.88. The van der Waals surface area contributed by atoms with Gasteiger partial charge in [-0.05, 0) is 44.7 Å². The summed E-state index contributed by atoms with van der Waals surface area (Å²) >= 11 is 0. The van der Waals surface area contributed by atoms with Crippen molar-refractivity contribution in [3.8, 4) is 0 Å². The zero-order valence-electron chi connectivity index (χ0n) is 10.3. The second-order valence-corrected chi connectivity index (χ2v) is 5.49. The molecule has 1 aliphatic carbocycles. The van der Waals surface area contributed by atoms with Crippen LogP contribution in [0, 0.1) is 5.92 Å². The van der Waals surface area contributed by atoms with Crippen molar-refractivity contribution in [1.29, 1.82) is 0 Å². The van der Waals surface area contributed by atoms with Gasteiger partial charge in [-0.1, -0.05) is 0 Å². The standard InChI is InChI=1S/C12H20F4N2/c13-11(14)12(15,16)8-18-5-1-2-9(7-18)6-17-10-3-4-10/h9-11,17H,1-8H2. The van der Waals surface area contributed by atoms with Crippen LogP contribution in [0.15, 0.2) is 0 Å². The van der Waals surface area contributed by atoms with Crippen LogP contribution in [0.2, 0.25) is 0 Å². The fourth-order valence-corrected chi connectivity index (χ4v) is 2.45. The summed E-state index contributed by atoms with van der Waals surface area (Å²) in [6, 6.07) is 0.600. The van der Waals surface area contributed by atoms with E-state index in [1.807, 2.05) is 0 Å². The highest BCUT2D eigenvalue weighted by molar-refractivity contribution is 4.85. The number of halogens is 4. The van der Waals surface area contributed by atoms with Crippen molar-refractivity contribution < 1.29 is 17.6 Å². The van der Waals surface area contributed by atoms with E-state index in [0.29, 0.717) is 25.0 Å². The summed E-state index contributed by atoms with van der Waals surface area (Å²) in [7, 11) is 0. The molecule has 2 fully saturated rings. The summed E-state index contributed by atoms with van der Waals surface area (Å²) in [6.45, 7) is 1.01. The zero-order valence-corrected chi connectivity index (χ0v) is 10.3. The molecule has 0 radical (unpaired) electrons. The number of likely N-dealkylation sites (tertiary alicyclic amines) is 1. The van der Waals surface area contributed by atoms with Crippen LogP contribution in [0.5, 0.6) is 0 Å². The van der Waals surface area contributed by atoms with Crippen molar-refractivity contribution >= 4 is 0 Å². The lowest BCUT2D eigenvalue weighted by atomic mass is 9.97. The van der Waals surface area contributed by atoms with Gasteiger partial charge >= 0.3 is 12.3 Å². The van der Waals surface area contributed by atoms with Gasteiger partial charge in [0.15, 0.2) is 0 Å². The SMILES string of the molecule is FC(F)C(F)(F)CN1CCCC(CNC2CC2)C1. The minimum Gasteiger partial charge on any atom is -0.314 e. The molecule has 1 heterocycles. The summed E-state index contributed by atoms with van der Waals surface area (Å²) in [5, 5.41) is 3.37. The van der Waals surface area contributed by atoms with E-state index in [2.05, 4.69) is 5.32 Å². The number of alkyl halides is 4. The molecule has 0 aromatic rings. The zero-order chi connectivity index (χ0) is 13.2. The van der Waals surface area contributed by atoms with Gasteiger partial charge in [0.05, 0.1) is 6.54 Å². The predicted octanol–water partition coefficient (Wildman–Crippen LogP) is 2.35. The summed E-state index contributed by atoms with van der Waals surface area (Å²) < 4.78 is 50.2. The number of nitrogens with zero attached hydrogens (tertiary/aromatic N) is 1. The summed E-state index contributed by atoms with van der Waals surface area (Å²) in [5.74, 6) is -3.57. The van der Waals surface area contributed by atoms with Gasteiger partial charge < -0.3 is 5.32 Å². The summed E-state index contributed by atoms with van der Waals surface area (Å²) in [4.78, 5) is 1.48. The van der Waals surface area contributed by atoms with Crippen molar-refractivity contribution in [3.05, 3.63) is 0 Å². The normalized spacial score (nSPS) is 26.8. The molecule has 0 spiro atoms. The van der Waals surface area contributed by atoms with Crippen LogP contribution >= 0.6 is 0 Å². The Morgan fingerprint density at radius 2 is 1.94 bits per heavy atom. The first kappa shape index (κ1) is 14.1. The first-order valence-corrected chi connectivity index (χ1v) is 6.59. The number of hydrogen-bond donors (Lipinski definition) is 1. The van der Waals surface area contributed by atoms with Crippen LogP contribution in [0.3, 0.4) is 0 Å². The van der Waals surface area contributed by atoms with E-state index in [1.54, 1.807) is 0 Å². The fourth-order valence-electron chi connectivity index (χ4n) is 2.45. The third-order valence-electron chi connectivity index (χ3n) is 3.63. The molecule has 106 valence electrons. The van der Waals surface area contributed by atoms with Crippen LogP contribution < -0.4 is 5.32 Å². The van der Waals surface area contributed by atoms with Gasteiger partial charge in [0.1, 0.15) is 0 Å². The lowest BCUT2D eigenvalue weighted by Crippen LogP contribution is -2.47. The monoisotopic (exact) mass is 268 g/mol. The molecule has 0 aromatic carbocycles. The van der Waals surface area contributed by atoms with E-state index in [1.165, 1.54) is 17.7 Å². The van der Waals surface area contributed by atoms with Crippen molar-refractivity contribution in [2.45, 2.75) is 44.1 Å². The molecular formula is C12H20F4N2. The van der Waals surface area contributed by atoms with E-state index in [4.69, 9.17) is 0 Å². The Hall–Kier alpha value is -0.360. The Kier molecular flexibility index (Phi) is 4.48. The van der Waals surface area contributed by atoms with Gasteiger partial charge in [-0.3, -0.25) is 4.90 Å². The van der Waals surface area contributed by atoms with Gasteiger partial charge in [-0.25, -0.2) is 8.78 Å². The molecule has 2 aliphatic rings. The highest BCUT2D eigenvalue weighted by Crippen LogP contribution is 2.27. The molecule has 1 unspecified atom stereocenters. The van der Waals surface area contributed by atoms with E-state index in [9.17, 15) is 17.6 Å². The molecule has 0 aromatic heterocycles. The molecule has 2 rings (SSSR count). The smallest absolute Gasteiger partial charge is 0.314 e. The lowest BCUT2D eigenvalue weighted by Gasteiger charge is -2.34. The van der Waals surface area contributed by atoms with Gasteiger partial charge in [-0.2, -0.15) is 8.78 Å². The number of piperidine rings is 1. The Labute approximate surface area is 105 Å². The van der Waals surface area contributed by atoms with Gasteiger partial charge in [0, 0.05) is 12.6 Å². The number of hydrogen-bond acceptors (Lipinski definition) is 2. The molecule has 1 atom stereocenters. The highest BCUT2D eigenvalue weighted by Gasteiger charge is 2.42. The van der Waals surface area contributed by atoms with Crippen LogP contribution in [-0.2, 0) is 0 Å². The van der Waals surface area contributed by atoms with Gasteiger partial charge in [0.2, 0.25) is 0 Å². The molecule has 1 saturated heterocycles. The average Bonchev–Trinajstić information content (AvgIpc) is 3.10. The molecule has 0 amide bonds.